The Bertz CT molecular complexity index is 944. The molecule has 0 bridgehead atoms. The van der Waals surface area contributed by atoms with Crippen LogP contribution in [0.1, 0.15) is 16.8 Å². The lowest BCUT2D eigenvalue weighted by atomic mass is 10.3. The molecule has 0 radical (unpaired) electrons. The molecule has 0 unspecified atom stereocenters. The Labute approximate surface area is 157 Å². The van der Waals surface area contributed by atoms with Crippen LogP contribution < -0.4 is 15.0 Å². The van der Waals surface area contributed by atoms with Crippen LogP contribution in [0.5, 0.6) is 5.88 Å². The molecule has 1 amide bonds. The van der Waals surface area contributed by atoms with Crippen molar-refractivity contribution in [2.24, 2.45) is 0 Å². The van der Waals surface area contributed by atoms with Crippen LogP contribution in [0.4, 0.5) is 12.0 Å². The van der Waals surface area contributed by atoms with Gasteiger partial charge in [-0.15, -0.1) is 16.4 Å². The number of nitrogens with one attached hydrogen (secondary N) is 1. The molecule has 4 heterocycles. The van der Waals surface area contributed by atoms with Gasteiger partial charge < -0.3 is 19.2 Å². The third-order valence-electron chi connectivity index (χ3n) is 4.00. The highest BCUT2D eigenvalue weighted by atomic mass is 32.1. The first kappa shape index (κ1) is 17.4. The van der Waals surface area contributed by atoms with Crippen molar-refractivity contribution in [3.05, 3.63) is 29.3 Å². The number of ether oxygens (including phenoxy) is 1. The van der Waals surface area contributed by atoms with Crippen molar-refractivity contribution in [1.29, 1.82) is 0 Å². The summed E-state index contributed by atoms with van der Waals surface area (Å²) in [7, 11) is 1.42. The SMILES string of the molecule is COc1nc(N2CC[C@H](O)C2)ncc1C(=O)Nc1nnc(-c2cccs2)o1. The summed E-state index contributed by atoms with van der Waals surface area (Å²) in [5.41, 5.74) is 0.136. The standard InChI is InChI=1S/C16H16N6O4S/c1-25-13-10(7-17-15(19-13)22-5-4-9(23)8-22)12(24)18-16-21-20-14(26-16)11-3-2-6-27-11/h2-3,6-7,9,23H,4-5,8H2,1H3,(H,18,21,24)/t9-/m0/s1. The summed E-state index contributed by atoms with van der Waals surface area (Å²) in [6, 6.07) is 3.68. The highest BCUT2D eigenvalue weighted by molar-refractivity contribution is 7.13. The van der Waals surface area contributed by atoms with Crippen LogP contribution in [0.25, 0.3) is 10.8 Å². The molecule has 140 valence electrons. The third kappa shape index (κ3) is 3.59. The first-order chi connectivity index (χ1) is 13.1. The normalized spacial score (nSPS) is 16.5. The molecule has 0 aliphatic carbocycles. The van der Waals surface area contributed by atoms with Gasteiger partial charge >= 0.3 is 6.01 Å². The molecule has 10 nitrogen and oxygen atoms in total. The van der Waals surface area contributed by atoms with E-state index in [2.05, 4.69) is 25.5 Å². The van der Waals surface area contributed by atoms with E-state index in [4.69, 9.17) is 9.15 Å². The fraction of sp³-hybridized carbons (Fsp3) is 0.312. The lowest BCUT2D eigenvalue weighted by Gasteiger charge is -2.16. The average molecular weight is 388 g/mol. The van der Waals surface area contributed by atoms with E-state index < -0.39 is 12.0 Å². The van der Waals surface area contributed by atoms with Gasteiger partial charge in [-0.25, -0.2) is 4.98 Å². The van der Waals surface area contributed by atoms with E-state index in [1.54, 1.807) is 0 Å². The lowest BCUT2D eigenvalue weighted by Crippen LogP contribution is -2.24. The average Bonchev–Trinajstić information content (AvgIpc) is 3.42. The van der Waals surface area contributed by atoms with E-state index >= 15 is 0 Å². The molecule has 4 rings (SSSR count). The van der Waals surface area contributed by atoms with E-state index in [-0.39, 0.29) is 17.5 Å². The molecule has 1 saturated heterocycles. The van der Waals surface area contributed by atoms with Gasteiger partial charge in [0.25, 0.3) is 11.8 Å². The molecule has 27 heavy (non-hydrogen) atoms. The Morgan fingerprint density at radius 1 is 1.48 bits per heavy atom. The number of rotatable bonds is 5. The second kappa shape index (κ2) is 7.29. The van der Waals surface area contributed by atoms with Gasteiger partial charge in [-0.3, -0.25) is 10.1 Å². The zero-order valence-electron chi connectivity index (χ0n) is 14.3. The Hall–Kier alpha value is -3.05. The van der Waals surface area contributed by atoms with E-state index in [9.17, 15) is 9.90 Å². The van der Waals surface area contributed by atoms with Gasteiger partial charge in [0, 0.05) is 19.3 Å². The number of thiophene rings is 1. The summed E-state index contributed by atoms with van der Waals surface area (Å²) in [5.74, 6) is 0.322. The Morgan fingerprint density at radius 2 is 2.37 bits per heavy atom. The number of hydrogen-bond acceptors (Lipinski definition) is 10. The molecule has 1 atom stereocenters. The molecule has 0 aromatic carbocycles. The zero-order chi connectivity index (χ0) is 18.8. The smallest absolute Gasteiger partial charge is 0.322 e. The molecule has 3 aromatic heterocycles. The monoisotopic (exact) mass is 388 g/mol. The lowest BCUT2D eigenvalue weighted by molar-refractivity contribution is 0.102. The van der Waals surface area contributed by atoms with Crippen molar-refractivity contribution in [3.8, 4) is 16.6 Å². The molecule has 1 aliphatic rings. The van der Waals surface area contributed by atoms with Gasteiger partial charge in [0.2, 0.25) is 11.8 Å². The van der Waals surface area contributed by atoms with Gasteiger partial charge in [0.1, 0.15) is 5.56 Å². The van der Waals surface area contributed by atoms with Crippen molar-refractivity contribution in [2.45, 2.75) is 12.5 Å². The summed E-state index contributed by atoms with van der Waals surface area (Å²) >= 11 is 1.45. The second-order valence-corrected chi connectivity index (χ2v) is 6.77. The number of carbonyl (C=O) groups excluding carboxylic acids is 1. The molecule has 11 heteroatoms. The molecule has 0 spiro atoms. The van der Waals surface area contributed by atoms with E-state index in [1.165, 1.54) is 24.6 Å². The number of anilines is 2. The highest BCUT2D eigenvalue weighted by Gasteiger charge is 2.25. The van der Waals surface area contributed by atoms with Crippen LogP contribution in [-0.4, -0.2) is 57.5 Å². The van der Waals surface area contributed by atoms with Crippen molar-refractivity contribution in [1.82, 2.24) is 20.2 Å². The minimum absolute atomic E-state index is 0.0304. The number of aliphatic hydroxyl groups is 1. The predicted octanol–water partition coefficient (Wildman–Crippen LogP) is 1.42. The van der Waals surface area contributed by atoms with Crippen LogP contribution in [0.3, 0.4) is 0 Å². The van der Waals surface area contributed by atoms with Gasteiger partial charge in [0.15, 0.2) is 0 Å². The molecular formula is C16H16N6O4S. The topological polar surface area (TPSA) is 127 Å². The fourth-order valence-corrected chi connectivity index (χ4v) is 3.33. The van der Waals surface area contributed by atoms with Gasteiger partial charge in [0.05, 0.1) is 18.1 Å². The van der Waals surface area contributed by atoms with Gasteiger partial charge in [-0.05, 0) is 17.9 Å². The van der Waals surface area contributed by atoms with Crippen molar-refractivity contribution in [2.75, 3.05) is 30.4 Å². The minimum atomic E-state index is -0.527. The minimum Gasteiger partial charge on any atom is -0.480 e. The quantitative estimate of drug-likeness (QED) is 0.667. The maximum Gasteiger partial charge on any atom is 0.322 e. The number of aromatic nitrogens is 4. The van der Waals surface area contributed by atoms with Crippen molar-refractivity contribution >= 4 is 29.2 Å². The van der Waals surface area contributed by atoms with Crippen LogP contribution in [0.2, 0.25) is 0 Å². The van der Waals surface area contributed by atoms with E-state index in [1.807, 2.05) is 22.4 Å². The Balaban J connectivity index is 1.51. The second-order valence-electron chi connectivity index (χ2n) is 5.83. The predicted molar refractivity (Wildman–Crippen MR) is 97.0 cm³/mol. The first-order valence-electron chi connectivity index (χ1n) is 8.17. The summed E-state index contributed by atoms with van der Waals surface area (Å²) in [6.07, 6.45) is 1.62. The molecule has 3 aromatic rings. The van der Waals surface area contributed by atoms with E-state index in [0.29, 0.717) is 31.3 Å². The largest absolute Gasteiger partial charge is 0.480 e. The van der Waals surface area contributed by atoms with Crippen molar-refractivity contribution < 1.29 is 19.1 Å². The van der Waals surface area contributed by atoms with Crippen molar-refractivity contribution in [3.63, 3.8) is 0 Å². The van der Waals surface area contributed by atoms with E-state index in [0.717, 1.165) is 4.88 Å². The van der Waals surface area contributed by atoms with Gasteiger partial charge in [-0.2, -0.15) is 4.98 Å². The maximum absolute atomic E-state index is 12.5. The van der Waals surface area contributed by atoms with Crippen LogP contribution in [0, 0.1) is 0 Å². The highest BCUT2D eigenvalue weighted by Crippen LogP contribution is 2.26. The summed E-state index contributed by atoms with van der Waals surface area (Å²) in [6.45, 7) is 1.09. The number of nitrogens with zero attached hydrogens (tertiary/aromatic N) is 5. The first-order valence-corrected chi connectivity index (χ1v) is 9.05. The summed E-state index contributed by atoms with van der Waals surface area (Å²) in [5, 5.41) is 21.8. The maximum atomic E-state index is 12.5. The van der Waals surface area contributed by atoms with Crippen LogP contribution in [0.15, 0.2) is 28.1 Å². The number of aliphatic hydroxyl groups excluding tert-OH is 1. The third-order valence-corrected chi connectivity index (χ3v) is 4.86. The number of carbonyl (C=O) groups is 1. The van der Waals surface area contributed by atoms with Gasteiger partial charge in [-0.1, -0.05) is 11.2 Å². The number of methoxy groups -OCH3 is 1. The number of hydrogen-bond donors (Lipinski definition) is 2. The number of amides is 1. The summed E-state index contributed by atoms with van der Waals surface area (Å²) in [4.78, 5) is 23.6. The van der Waals surface area contributed by atoms with Crippen LogP contribution in [-0.2, 0) is 0 Å². The van der Waals surface area contributed by atoms with Crippen LogP contribution >= 0.6 is 11.3 Å². The Kier molecular flexibility index (Phi) is 4.69. The molecule has 0 saturated carbocycles. The Morgan fingerprint density at radius 3 is 3.07 bits per heavy atom. The molecule has 2 N–H and O–H groups in total. The molecule has 1 aliphatic heterocycles. The zero-order valence-corrected chi connectivity index (χ0v) is 15.1. The number of β-amino-alcohol motifs (C(OH)–C–C–N with tert-alkyl or cyclic N) is 1. The molecule has 1 fully saturated rings. The fourth-order valence-electron chi connectivity index (χ4n) is 2.68. The summed E-state index contributed by atoms with van der Waals surface area (Å²) < 4.78 is 10.7. The molecular weight excluding hydrogens is 372 g/mol.